The maximum atomic E-state index is 9.95. The van der Waals surface area contributed by atoms with Gasteiger partial charge in [-0.3, -0.25) is 9.05 Å². The molecule has 0 amide bonds. The molecule has 0 saturated heterocycles. The molecular weight excluding hydrogens is 219 g/mol. The number of hydrogen-bond donors (Lipinski definition) is 0. The van der Waals surface area contributed by atoms with E-state index in [0.29, 0.717) is 0 Å². The highest BCUT2D eigenvalue weighted by molar-refractivity contribution is 7.45. The van der Waals surface area contributed by atoms with Gasteiger partial charge in [-0.1, -0.05) is 0 Å². The van der Waals surface area contributed by atoms with Crippen molar-refractivity contribution in [3.63, 3.8) is 0 Å². The van der Waals surface area contributed by atoms with Crippen molar-refractivity contribution >= 4 is 14.2 Å². The largest absolute Gasteiger partial charge is 0.756 e. The van der Waals surface area contributed by atoms with Gasteiger partial charge in [0.05, 0.1) is 19.8 Å². The number of nitrogens with zero attached hydrogens (tertiary/aromatic N) is 2. The molecule has 0 fully saturated rings. The minimum Gasteiger partial charge on any atom is -0.756 e. The van der Waals surface area contributed by atoms with Crippen molar-refractivity contribution in [2.75, 3.05) is 27.8 Å². The van der Waals surface area contributed by atoms with Crippen LogP contribution in [0, 0.1) is 0 Å². The van der Waals surface area contributed by atoms with Gasteiger partial charge in [0, 0.05) is 14.2 Å². The van der Waals surface area contributed by atoms with Gasteiger partial charge in [0.15, 0.2) is 6.34 Å². The minimum absolute atomic E-state index is 0.847. The summed E-state index contributed by atoms with van der Waals surface area (Å²) in [6.45, 7) is 3.22. The van der Waals surface area contributed by atoms with Crippen LogP contribution in [0.1, 0.15) is 6.92 Å². The third-order valence-corrected chi connectivity index (χ3v) is 2.85. The van der Waals surface area contributed by atoms with Crippen molar-refractivity contribution in [2.45, 2.75) is 6.92 Å². The van der Waals surface area contributed by atoms with E-state index in [1.807, 2.05) is 12.5 Å². The Hall–Kier alpha value is -0.520. The van der Waals surface area contributed by atoms with Crippen LogP contribution in [0.3, 0.4) is 0 Å². The van der Waals surface area contributed by atoms with Crippen LogP contribution in [-0.2, 0) is 13.6 Å². The zero-order valence-electron chi connectivity index (χ0n) is 9.41. The highest BCUT2D eigenvalue weighted by atomic mass is 31.2. The first kappa shape index (κ1) is 14.5. The summed E-state index contributed by atoms with van der Waals surface area (Å²) < 4.78 is 18.5. The fraction of sp³-hybridized carbons (Fsp3) is 0.625. The lowest BCUT2D eigenvalue weighted by molar-refractivity contribution is -0.753. The fourth-order valence-electron chi connectivity index (χ4n) is 0.682. The average molecular weight is 236 g/mol. The number of quaternary nitrogens is 1. The van der Waals surface area contributed by atoms with E-state index in [2.05, 4.69) is 34.2 Å². The molecule has 1 rings (SSSR count). The Morgan fingerprint density at radius 3 is 2.13 bits per heavy atom. The molecule has 0 bridgehead atoms. The second-order valence-electron chi connectivity index (χ2n) is 3.04. The molecular formula is C8H17N2O4P. The molecule has 1 unspecified atom stereocenters. The molecule has 0 aromatic rings. The fourth-order valence-corrected chi connectivity index (χ4v) is 0.831. The third kappa shape index (κ3) is 5.81. The van der Waals surface area contributed by atoms with Crippen LogP contribution in [0.2, 0.25) is 0 Å². The van der Waals surface area contributed by atoms with E-state index in [4.69, 9.17) is 0 Å². The monoisotopic (exact) mass is 236 g/mol. The van der Waals surface area contributed by atoms with Crippen LogP contribution in [-0.4, -0.2) is 38.6 Å². The number of hydrogen-bond acceptors (Lipinski definition) is 5. The summed E-state index contributed by atoms with van der Waals surface area (Å²) >= 11 is 0. The van der Waals surface area contributed by atoms with Gasteiger partial charge in [0.1, 0.15) is 6.20 Å². The third-order valence-electron chi connectivity index (χ3n) is 1.95. The number of aliphatic imine (C=N–C) groups is 1. The first-order chi connectivity index (χ1) is 6.89. The van der Waals surface area contributed by atoms with Crippen molar-refractivity contribution < 1.29 is 23.0 Å². The standard InChI is InChI=1S/C6H11N2.C2H7O4P/c1-3-8(2)5-4-7-6-8;1-5-7(3,4)6-2/h4-6H,3H2,1-2H3;1-2H3,(H,3,4)/q+1;/p-1. The molecule has 88 valence electrons. The summed E-state index contributed by atoms with van der Waals surface area (Å²) in [4.78, 5) is 13.9. The second kappa shape index (κ2) is 6.15. The highest BCUT2D eigenvalue weighted by Crippen LogP contribution is 2.34. The van der Waals surface area contributed by atoms with E-state index < -0.39 is 7.82 Å². The van der Waals surface area contributed by atoms with Gasteiger partial charge in [-0.15, -0.1) is 0 Å². The van der Waals surface area contributed by atoms with Gasteiger partial charge in [0.25, 0.3) is 7.82 Å². The summed E-state index contributed by atoms with van der Waals surface area (Å²) in [5.74, 6) is 0. The molecule has 0 saturated carbocycles. The molecule has 0 spiro atoms. The summed E-state index contributed by atoms with van der Waals surface area (Å²) in [5, 5.41) is 0. The van der Waals surface area contributed by atoms with Gasteiger partial charge < -0.3 is 13.9 Å². The molecule has 1 heterocycles. The Bertz CT molecular complexity index is 270. The summed E-state index contributed by atoms with van der Waals surface area (Å²) in [7, 11) is 0.292. The summed E-state index contributed by atoms with van der Waals surface area (Å²) in [5.41, 5.74) is 0. The predicted molar refractivity (Wildman–Crippen MR) is 56.0 cm³/mol. The van der Waals surface area contributed by atoms with Crippen LogP contribution in [0.25, 0.3) is 0 Å². The smallest absolute Gasteiger partial charge is 0.267 e. The molecule has 0 radical (unpaired) electrons. The van der Waals surface area contributed by atoms with Crippen molar-refractivity contribution in [1.82, 2.24) is 0 Å². The molecule has 7 heteroatoms. The summed E-state index contributed by atoms with van der Waals surface area (Å²) in [6, 6.07) is 0. The van der Waals surface area contributed by atoms with Crippen molar-refractivity contribution in [3.05, 3.63) is 12.4 Å². The molecule has 1 aliphatic rings. The normalized spacial score (nSPS) is 23.8. The molecule has 0 aliphatic carbocycles. The molecule has 0 aromatic carbocycles. The van der Waals surface area contributed by atoms with Crippen LogP contribution < -0.4 is 4.89 Å². The summed E-state index contributed by atoms with van der Waals surface area (Å²) in [6.07, 6.45) is 5.84. The second-order valence-corrected chi connectivity index (χ2v) is 4.66. The van der Waals surface area contributed by atoms with Crippen molar-refractivity contribution in [1.29, 1.82) is 0 Å². The SMILES string of the molecule is CC[N+]1(C)C=CN=C1.COP(=O)([O-])OC. The quantitative estimate of drug-likeness (QED) is 0.534. The lowest BCUT2D eigenvalue weighted by atomic mass is 10.5. The van der Waals surface area contributed by atoms with Crippen molar-refractivity contribution in [3.8, 4) is 0 Å². The van der Waals surface area contributed by atoms with Crippen LogP contribution >= 0.6 is 7.82 Å². The lowest BCUT2D eigenvalue weighted by Crippen LogP contribution is -2.33. The number of rotatable bonds is 3. The van der Waals surface area contributed by atoms with E-state index >= 15 is 0 Å². The molecule has 1 aliphatic heterocycles. The van der Waals surface area contributed by atoms with E-state index in [0.717, 1.165) is 25.2 Å². The van der Waals surface area contributed by atoms with E-state index in [9.17, 15) is 9.46 Å². The first-order valence-corrected chi connectivity index (χ1v) is 5.84. The van der Waals surface area contributed by atoms with Crippen LogP contribution in [0.5, 0.6) is 0 Å². The Kier molecular flexibility index (Phi) is 5.93. The number of phosphoric ester groups is 1. The topological polar surface area (TPSA) is 71.0 Å². The van der Waals surface area contributed by atoms with E-state index in [1.54, 1.807) is 0 Å². The average Bonchev–Trinajstić information content (AvgIpc) is 2.67. The molecule has 15 heavy (non-hydrogen) atoms. The Morgan fingerprint density at radius 1 is 1.47 bits per heavy atom. The van der Waals surface area contributed by atoms with Gasteiger partial charge >= 0.3 is 0 Å². The van der Waals surface area contributed by atoms with Crippen molar-refractivity contribution in [2.24, 2.45) is 4.99 Å². The first-order valence-electron chi connectivity index (χ1n) is 4.38. The van der Waals surface area contributed by atoms with Crippen LogP contribution in [0.4, 0.5) is 0 Å². The lowest BCUT2D eigenvalue weighted by Gasteiger charge is -2.18. The molecule has 1 atom stereocenters. The Morgan fingerprint density at radius 2 is 2.00 bits per heavy atom. The van der Waals surface area contributed by atoms with Gasteiger partial charge in [-0.05, 0) is 6.92 Å². The van der Waals surface area contributed by atoms with Gasteiger partial charge in [-0.25, -0.2) is 4.99 Å². The maximum absolute atomic E-state index is 9.95. The zero-order valence-corrected chi connectivity index (χ0v) is 10.3. The number of phosphoric acid groups is 1. The van der Waals surface area contributed by atoms with Crippen LogP contribution in [0.15, 0.2) is 17.4 Å². The van der Waals surface area contributed by atoms with Gasteiger partial charge in [0.2, 0.25) is 0 Å². The minimum atomic E-state index is -3.90. The molecule has 0 aromatic heterocycles. The molecule has 0 N–H and O–H groups in total. The highest BCUT2D eigenvalue weighted by Gasteiger charge is 2.14. The van der Waals surface area contributed by atoms with E-state index in [-0.39, 0.29) is 0 Å². The van der Waals surface area contributed by atoms with E-state index in [1.165, 1.54) is 0 Å². The predicted octanol–water partition coefficient (Wildman–Crippen LogP) is 0.714. The zero-order chi connectivity index (χ0) is 11.9. The molecule has 6 nitrogen and oxygen atoms in total. The van der Waals surface area contributed by atoms with Gasteiger partial charge in [-0.2, -0.15) is 0 Å². The maximum Gasteiger partial charge on any atom is 0.267 e. The Balaban J connectivity index is 0.000000265. The Labute approximate surface area is 90.0 Å².